The third kappa shape index (κ3) is 3.46. The molecule has 0 saturated carbocycles. The maximum Gasteiger partial charge on any atom is 0.293 e. The van der Waals surface area contributed by atoms with Crippen molar-refractivity contribution in [1.82, 2.24) is 4.90 Å². The lowest BCUT2D eigenvalue weighted by Gasteiger charge is -2.15. The molecule has 1 fully saturated rings. The quantitative estimate of drug-likeness (QED) is 0.801. The molecule has 0 bridgehead atoms. The van der Waals surface area contributed by atoms with E-state index in [4.69, 9.17) is 0 Å². The molecule has 1 aliphatic heterocycles. The minimum Gasteiger partial charge on any atom is -0.350 e. The van der Waals surface area contributed by atoms with Gasteiger partial charge in [-0.3, -0.25) is 14.5 Å². The molecule has 4 nitrogen and oxygen atoms in total. The molecule has 23 heavy (non-hydrogen) atoms. The van der Waals surface area contributed by atoms with Crippen LogP contribution in [0.4, 0.5) is 10.5 Å². The second-order valence-corrected chi connectivity index (χ2v) is 6.18. The molecular weight excluding hydrogens is 308 g/mol. The fourth-order valence-electron chi connectivity index (χ4n) is 2.31. The Labute approximate surface area is 139 Å². The van der Waals surface area contributed by atoms with Gasteiger partial charge in [0.25, 0.3) is 11.1 Å². The molecule has 0 unspecified atom stereocenters. The Morgan fingerprint density at radius 2 is 1.61 bits per heavy atom. The first-order valence-electron chi connectivity index (χ1n) is 7.22. The van der Waals surface area contributed by atoms with Crippen molar-refractivity contribution < 1.29 is 9.59 Å². The summed E-state index contributed by atoms with van der Waals surface area (Å²) < 4.78 is 0. The lowest BCUT2D eigenvalue weighted by Crippen LogP contribution is -2.27. The molecule has 0 spiro atoms. The fourth-order valence-corrected chi connectivity index (χ4v) is 3.16. The molecule has 0 atom stereocenters. The van der Waals surface area contributed by atoms with E-state index >= 15 is 0 Å². The second-order valence-electron chi connectivity index (χ2n) is 5.18. The first-order valence-corrected chi connectivity index (χ1v) is 8.04. The molecule has 2 amide bonds. The van der Waals surface area contributed by atoms with Crippen LogP contribution in [0, 0.1) is 0 Å². The van der Waals surface area contributed by atoms with Crippen LogP contribution in [0.2, 0.25) is 0 Å². The van der Waals surface area contributed by atoms with Crippen LogP contribution < -0.4 is 4.90 Å². The molecule has 0 aromatic heterocycles. The van der Waals surface area contributed by atoms with Crippen LogP contribution in [0.5, 0.6) is 0 Å². The molecule has 0 aliphatic carbocycles. The minimum absolute atomic E-state index is 0.230. The van der Waals surface area contributed by atoms with Crippen LogP contribution >= 0.6 is 11.8 Å². The predicted molar refractivity (Wildman–Crippen MR) is 92.9 cm³/mol. The molecule has 1 heterocycles. The van der Waals surface area contributed by atoms with E-state index in [2.05, 4.69) is 0 Å². The standard InChI is InChI=1S/C18H16N2O2S/c1-19(15-10-6-3-7-11-15)13-16-17(21)20(18(22)23-16)12-14-8-4-2-5-9-14/h2-11,13H,12H2,1H3/b16-13-. The molecule has 5 heteroatoms. The average Bonchev–Trinajstić information content (AvgIpc) is 2.84. The number of anilines is 1. The highest BCUT2D eigenvalue weighted by Gasteiger charge is 2.35. The predicted octanol–water partition coefficient (Wildman–Crippen LogP) is 3.86. The van der Waals surface area contributed by atoms with Crippen LogP contribution in [-0.4, -0.2) is 23.1 Å². The number of benzene rings is 2. The van der Waals surface area contributed by atoms with Gasteiger partial charge in [-0.1, -0.05) is 48.5 Å². The molecule has 0 N–H and O–H groups in total. The summed E-state index contributed by atoms with van der Waals surface area (Å²) in [6.07, 6.45) is 1.71. The molecular formula is C18H16N2O2S. The van der Waals surface area contributed by atoms with Crippen molar-refractivity contribution >= 4 is 28.6 Å². The average molecular weight is 324 g/mol. The van der Waals surface area contributed by atoms with Gasteiger partial charge in [0.15, 0.2) is 0 Å². The summed E-state index contributed by atoms with van der Waals surface area (Å²) in [5.74, 6) is -0.244. The summed E-state index contributed by atoms with van der Waals surface area (Å²) in [7, 11) is 1.86. The number of imide groups is 1. The maximum atomic E-state index is 12.5. The van der Waals surface area contributed by atoms with Crippen LogP contribution in [0.3, 0.4) is 0 Å². The van der Waals surface area contributed by atoms with Crippen molar-refractivity contribution in [1.29, 1.82) is 0 Å². The second kappa shape index (κ2) is 6.71. The largest absolute Gasteiger partial charge is 0.350 e. The van der Waals surface area contributed by atoms with Gasteiger partial charge in [0.1, 0.15) is 0 Å². The summed E-state index contributed by atoms with van der Waals surface area (Å²) in [4.78, 5) is 28.2. The molecule has 2 aromatic carbocycles. The lowest BCUT2D eigenvalue weighted by atomic mass is 10.2. The van der Waals surface area contributed by atoms with Crippen LogP contribution in [0.25, 0.3) is 0 Å². The summed E-state index contributed by atoms with van der Waals surface area (Å²) in [5, 5.41) is -0.230. The topological polar surface area (TPSA) is 40.6 Å². The Kier molecular flexibility index (Phi) is 4.48. The number of nitrogens with zero attached hydrogens (tertiary/aromatic N) is 2. The number of para-hydroxylation sites is 1. The number of rotatable bonds is 4. The summed E-state index contributed by atoms with van der Waals surface area (Å²) >= 11 is 0.981. The van der Waals surface area contributed by atoms with Crippen molar-refractivity contribution in [3.05, 3.63) is 77.3 Å². The van der Waals surface area contributed by atoms with Crippen molar-refractivity contribution in [2.45, 2.75) is 6.54 Å². The zero-order chi connectivity index (χ0) is 16.2. The van der Waals surface area contributed by atoms with Crippen LogP contribution in [-0.2, 0) is 11.3 Å². The van der Waals surface area contributed by atoms with Crippen molar-refractivity contribution in [3.63, 3.8) is 0 Å². The molecule has 3 rings (SSSR count). The van der Waals surface area contributed by atoms with Gasteiger partial charge in [-0.25, -0.2) is 0 Å². The zero-order valence-corrected chi connectivity index (χ0v) is 13.5. The van der Waals surface area contributed by atoms with E-state index in [-0.39, 0.29) is 11.1 Å². The fraction of sp³-hybridized carbons (Fsp3) is 0.111. The number of thioether (sulfide) groups is 1. The summed E-state index contributed by atoms with van der Waals surface area (Å²) in [6.45, 7) is 0.303. The highest BCUT2D eigenvalue weighted by Crippen LogP contribution is 2.32. The Bertz CT molecular complexity index is 744. The van der Waals surface area contributed by atoms with E-state index in [1.807, 2.05) is 72.6 Å². The van der Waals surface area contributed by atoms with E-state index in [1.165, 1.54) is 4.90 Å². The maximum absolute atomic E-state index is 12.5. The van der Waals surface area contributed by atoms with Crippen molar-refractivity contribution in [2.24, 2.45) is 0 Å². The number of hydrogen-bond acceptors (Lipinski definition) is 4. The van der Waals surface area contributed by atoms with Gasteiger partial charge in [0.2, 0.25) is 0 Å². The van der Waals surface area contributed by atoms with Gasteiger partial charge < -0.3 is 4.90 Å². The SMILES string of the molecule is CN(/C=C1\SC(=O)N(Cc2ccccc2)C1=O)c1ccccc1. The van der Waals surface area contributed by atoms with Crippen molar-refractivity contribution in [2.75, 3.05) is 11.9 Å². The highest BCUT2D eigenvalue weighted by molar-refractivity contribution is 8.18. The van der Waals surface area contributed by atoms with Gasteiger partial charge in [-0.15, -0.1) is 0 Å². The third-order valence-electron chi connectivity index (χ3n) is 3.53. The van der Waals surface area contributed by atoms with Crippen molar-refractivity contribution in [3.8, 4) is 0 Å². The van der Waals surface area contributed by atoms with Gasteiger partial charge >= 0.3 is 0 Å². The van der Waals surface area contributed by atoms with E-state index in [0.717, 1.165) is 23.0 Å². The Morgan fingerprint density at radius 1 is 1.00 bits per heavy atom. The number of carbonyl (C=O) groups is 2. The molecule has 0 radical (unpaired) electrons. The third-order valence-corrected chi connectivity index (χ3v) is 4.43. The Hall–Kier alpha value is -2.53. The number of hydrogen-bond donors (Lipinski definition) is 0. The summed E-state index contributed by atoms with van der Waals surface area (Å²) in [5.41, 5.74) is 1.90. The van der Waals surface area contributed by atoms with Gasteiger partial charge in [-0.2, -0.15) is 0 Å². The Balaban J connectivity index is 1.77. The molecule has 116 valence electrons. The molecule has 2 aromatic rings. The monoisotopic (exact) mass is 324 g/mol. The van der Waals surface area contributed by atoms with Gasteiger partial charge in [-0.05, 0) is 29.5 Å². The van der Waals surface area contributed by atoms with Crippen LogP contribution in [0.15, 0.2) is 71.8 Å². The smallest absolute Gasteiger partial charge is 0.293 e. The van der Waals surface area contributed by atoms with E-state index in [1.54, 1.807) is 6.20 Å². The normalized spacial score (nSPS) is 16.2. The van der Waals surface area contributed by atoms with E-state index in [9.17, 15) is 9.59 Å². The van der Waals surface area contributed by atoms with Gasteiger partial charge in [0, 0.05) is 18.9 Å². The molecule has 1 aliphatic rings. The number of amides is 2. The molecule has 1 saturated heterocycles. The van der Waals surface area contributed by atoms with Crippen LogP contribution in [0.1, 0.15) is 5.56 Å². The first kappa shape index (κ1) is 15.4. The zero-order valence-electron chi connectivity index (χ0n) is 12.7. The minimum atomic E-state index is -0.244. The van der Waals surface area contributed by atoms with Gasteiger partial charge in [0.05, 0.1) is 11.4 Å². The highest BCUT2D eigenvalue weighted by atomic mass is 32.2. The number of carbonyl (C=O) groups excluding carboxylic acids is 2. The Morgan fingerprint density at radius 3 is 2.26 bits per heavy atom. The first-order chi connectivity index (χ1) is 11.1. The lowest BCUT2D eigenvalue weighted by molar-refractivity contribution is -0.123. The summed E-state index contributed by atoms with van der Waals surface area (Å²) in [6, 6.07) is 19.2. The van der Waals surface area contributed by atoms with E-state index in [0.29, 0.717) is 11.4 Å². The van der Waals surface area contributed by atoms with E-state index < -0.39 is 0 Å².